The van der Waals surface area contributed by atoms with E-state index in [0.29, 0.717) is 11.1 Å². The molecule has 2 N–H and O–H groups in total. The second kappa shape index (κ2) is 4.48. The lowest BCUT2D eigenvalue weighted by atomic mass is 10.2. The van der Waals surface area contributed by atoms with Crippen molar-refractivity contribution in [1.29, 1.82) is 0 Å². The van der Waals surface area contributed by atoms with E-state index in [0.717, 1.165) is 5.69 Å². The highest BCUT2D eigenvalue weighted by Gasteiger charge is 2.07. The minimum absolute atomic E-state index is 0.1000. The molecule has 0 saturated carbocycles. The maximum absolute atomic E-state index is 13.4. The summed E-state index contributed by atoms with van der Waals surface area (Å²) < 4.78 is 16.5. The average Bonchev–Trinajstić information content (AvgIpc) is 2.79. The van der Waals surface area contributed by atoms with Gasteiger partial charge in [-0.25, -0.2) is 8.91 Å². The van der Waals surface area contributed by atoms with Gasteiger partial charge >= 0.3 is 0 Å². The molecule has 102 valence electrons. The number of nitrogen functional groups attached to an aromatic ring is 1. The zero-order valence-electron chi connectivity index (χ0n) is 10.9. The van der Waals surface area contributed by atoms with Gasteiger partial charge in [0.2, 0.25) is 0 Å². The second-order valence-electron chi connectivity index (χ2n) is 4.70. The van der Waals surface area contributed by atoms with E-state index in [1.54, 1.807) is 24.5 Å². The van der Waals surface area contributed by atoms with Crippen LogP contribution in [0.15, 0.2) is 41.5 Å². The molecule has 0 radical (unpaired) electrons. The Morgan fingerprint density at radius 1 is 1.30 bits per heavy atom. The predicted octanol–water partition coefficient (Wildman–Crippen LogP) is 1.57. The van der Waals surface area contributed by atoms with E-state index in [9.17, 15) is 9.18 Å². The lowest BCUT2D eigenvalue weighted by Crippen LogP contribution is -2.21. The summed E-state index contributed by atoms with van der Waals surface area (Å²) in [4.78, 5) is 12.3. The van der Waals surface area contributed by atoms with Crippen molar-refractivity contribution in [3.63, 3.8) is 0 Å². The Bertz CT molecular complexity index is 850. The van der Waals surface area contributed by atoms with Crippen LogP contribution in [-0.4, -0.2) is 14.2 Å². The van der Waals surface area contributed by atoms with Crippen LogP contribution in [0.5, 0.6) is 0 Å². The third-order valence-electron chi connectivity index (χ3n) is 3.14. The molecule has 0 fully saturated rings. The van der Waals surface area contributed by atoms with Gasteiger partial charge in [-0.3, -0.25) is 4.79 Å². The molecule has 0 amide bonds. The van der Waals surface area contributed by atoms with Crippen LogP contribution in [-0.2, 0) is 6.54 Å². The lowest BCUT2D eigenvalue weighted by Gasteiger charge is -2.07. The van der Waals surface area contributed by atoms with Crippen LogP contribution in [0.4, 0.5) is 10.1 Å². The third kappa shape index (κ3) is 2.05. The first kappa shape index (κ1) is 12.4. The summed E-state index contributed by atoms with van der Waals surface area (Å²) in [5.74, 6) is -0.475. The zero-order chi connectivity index (χ0) is 14.3. The van der Waals surface area contributed by atoms with Crippen LogP contribution in [0.25, 0.3) is 5.52 Å². The van der Waals surface area contributed by atoms with Crippen LogP contribution >= 0.6 is 0 Å². The molecule has 0 spiro atoms. The van der Waals surface area contributed by atoms with Gasteiger partial charge in [-0.15, -0.1) is 0 Å². The van der Waals surface area contributed by atoms with E-state index in [4.69, 9.17) is 5.73 Å². The number of nitrogens with two attached hydrogens (primary N) is 1. The molecule has 2 heterocycles. The Morgan fingerprint density at radius 2 is 2.10 bits per heavy atom. The van der Waals surface area contributed by atoms with Crippen LogP contribution in [0.2, 0.25) is 0 Å². The number of halogens is 1. The minimum Gasteiger partial charge on any atom is -0.396 e. The highest BCUT2D eigenvalue weighted by molar-refractivity contribution is 5.45. The molecule has 5 nitrogen and oxygen atoms in total. The van der Waals surface area contributed by atoms with Crippen LogP contribution in [0.3, 0.4) is 0 Å². The second-order valence-corrected chi connectivity index (χ2v) is 4.70. The maximum atomic E-state index is 13.4. The van der Waals surface area contributed by atoms with Gasteiger partial charge in [0.1, 0.15) is 11.3 Å². The highest BCUT2D eigenvalue weighted by Crippen LogP contribution is 2.12. The first-order valence-electron chi connectivity index (χ1n) is 6.14. The molecule has 0 aliphatic carbocycles. The van der Waals surface area contributed by atoms with Crippen molar-refractivity contribution in [1.82, 2.24) is 14.2 Å². The lowest BCUT2D eigenvalue weighted by molar-refractivity contribution is 0.627. The van der Waals surface area contributed by atoms with Gasteiger partial charge in [-0.2, -0.15) is 5.10 Å². The Morgan fingerprint density at radius 3 is 2.85 bits per heavy atom. The number of hydrogen-bond donors (Lipinski definition) is 1. The quantitative estimate of drug-likeness (QED) is 0.720. The summed E-state index contributed by atoms with van der Waals surface area (Å²) in [5.41, 5.74) is 7.33. The Labute approximate surface area is 114 Å². The van der Waals surface area contributed by atoms with E-state index in [1.165, 1.54) is 21.2 Å². The van der Waals surface area contributed by atoms with Gasteiger partial charge in [0.05, 0.1) is 17.9 Å². The molecule has 0 unspecified atom stereocenters. The molecule has 0 aliphatic heterocycles. The first-order valence-corrected chi connectivity index (χ1v) is 6.14. The molecule has 0 bridgehead atoms. The van der Waals surface area contributed by atoms with Gasteiger partial charge < -0.3 is 10.3 Å². The van der Waals surface area contributed by atoms with Gasteiger partial charge in [-0.1, -0.05) is 6.07 Å². The van der Waals surface area contributed by atoms with Crippen molar-refractivity contribution in [2.45, 2.75) is 13.5 Å². The van der Waals surface area contributed by atoms with E-state index in [-0.39, 0.29) is 17.8 Å². The Hall–Kier alpha value is -2.63. The summed E-state index contributed by atoms with van der Waals surface area (Å²) >= 11 is 0. The molecule has 1 aromatic carbocycles. The van der Waals surface area contributed by atoms with Gasteiger partial charge in [0.25, 0.3) is 5.56 Å². The maximum Gasteiger partial charge on any atom is 0.276 e. The van der Waals surface area contributed by atoms with Gasteiger partial charge in [0, 0.05) is 12.4 Å². The number of aryl methyl sites for hydroxylation is 1. The Kier molecular flexibility index (Phi) is 2.78. The van der Waals surface area contributed by atoms with Crippen molar-refractivity contribution in [2.24, 2.45) is 0 Å². The molecule has 0 atom stereocenters. The van der Waals surface area contributed by atoms with Crippen molar-refractivity contribution in [3.8, 4) is 0 Å². The summed E-state index contributed by atoms with van der Waals surface area (Å²) in [6, 6.07) is 6.27. The van der Waals surface area contributed by atoms with E-state index in [1.807, 2.05) is 6.92 Å². The van der Waals surface area contributed by atoms with Crippen LogP contribution in [0, 0.1) is 12.7 Å². The standard InChI is InChI=1S/C14H13FN4O/c1-9-6-13-14(20)18(4-5-19(13)17-9)8-10-2-3-12(16)11(15)7-10/h2-7H,8,16H2,1H3. The zero-order valence-corrected chi connectivity index (χ0v) is 10.9. The topological polar surface area (TPSA) is 65.3 Å². The SMILES string of the molecule is Cc1cc2c(=O)n(Cc3ccc(N)c(F)c3)ccn2n1. The highest BCUT2D eigenvalue weighted by atomic mass is 19.1. The summed E-state index contributed by atoms with van der Waals surface area (Å²) in [6.45, 7) is 2.11. The number of anilines is 1. The molecule has 3 aromatic rings. The van der Waals surface area contributed by atoms with Crippen molar-refractivity contribution >= 4 is 11.2 Å². The molecule has 0 aliphatic rings. The smallest absolute Gasteiger partial charge is 0.276 e. The molecular formula is C14H13FN4O. The first-order chi connectivity index (χ1) is 9.54. The summed E-state index contributed by atoms with van der Waals surface area (Å²) in [5, 5.41) is 4.17. The van der Waals surface area contributed by atoms with Crippen LogP contribution < -0.4 is 11.3 Å². The monoisotopic (exact) mass is 272 g/mol. The number of nitrogens with zero attached hydrogens (tertiary/aromatic N) is 3. The largest absolute Gasteiger partial charge is 0.396 e. The Balaban J connectivity index is 2.04. The molecule has 2 aromatic heterocycles. The molecular weight excluding hydrogens is 259 g/mol. The fraction of sp³-hybridized carbons (Fsp3) is 0.143. The average molecular weight is 272 g/mol. The molecule has 6 heteroatoms. The van der Waals surface area contributed by atoms with Crippen molar-refractivity contribution in [2.75, 3.05) is 5.73 Å². The molecule has 0 saturated heterocycles. The molecule has 20 heavy (non-hydrogen) atoms. The summed E-state index contributed by atoms with van der Waals surface area (Å²) in [7, 11) is 0. The number of rotatable bonds is 2. The number of aromatic nitrogens is 3. The summed E-state index contributed by atoms with van der Waals surface area (Å²) in [6.07, 6.45) is 3.34. The number of fused-ring (bicyclic) bond motifs is 1. The van der Waals surface area contributed by atoms with Crippen molar-refractivity contribution < 1.29 is 4.39 Å². The van der Waals surface area contributed by atoms with E-state index < -0.39 is 5.82 Å². The number of benzene rings is 1. The fourth-order valence-corrected chi connectivity index (χ4v) is 2.14. The van der Waals surface area contributed by atoms with Crippen molar-refractivity contribution in [3.05, 3.63) is 64.1 Å². The van der Waals surface area contributed by atoms with Gasteiger partial charge in [0.15, 0.2) is 0 Å². The van der Waals surface area contributed by atoms with Crippen LogP contribution in [0.1, 0.15) is 11.3 Å². The van der Waals surface area contributed by atoms with E-state index >= 15 is 0 Å². The minimum atomic E-state index is -0.475. The normalized spacial score (nSPS) is 11.1. The fourth-order valence-electron chi connectivity index (χ4n) is 2.14. The van der Waals surface area contributed by atoms with Gasteiger partial charge in [-0.05, 0) is 30.7 Å². The predicted molar refractivity (Wildman–Crippen MR) is 74.1 cm³/mol. The van der Waals surface area contributed by atoms with E-state index in [2.05, 4.69) is 5.10 Å². The molecule has 3 rings (SSSR count). The number of hydrogen-bond acceptors (Lipinski definition) is 3. The third-order valence-corrected chi connectivity index (χ3v) is 3.14.